The average molecular weight is 179 g/mol. The SMILES string of the molecule is N#Cc1ccccc1-c1ccc[c]n1. The number of nitriles is 1. The summed E-state index contributed by atoms with van der Waals surface area (Å²) in [5, 5.41) is 8.89. The lowest BCUT2D eigenvalue weighted by Gasteiger charge is -2.00. The fraction of sp³-hybridized carbons (Fsp3) is 0. The van der Waals surface area contributed by atoms with Crippen LogP contribution in [0.1, 0.15) is 5.56 Å². The molecule has 0 bridgehead atoms. The topological polar surface area (TPSA) is 36.7 Å². The van der Waals surface area contributed by atoms with Crippen LogP contribution in [-0.4, -0.2) is 4.98 Å². The Morgan fingerprint density at radius 3 is 2.71 bits per heavy atom. The van der Waals surface area contributed by atoms with E-state index in [2.05, 4.69) is 17.3 Å². The lowest BCUT2D eigenvalue weighted by atomic mass is 10.1. The molecule has 0 amide bonds. The van der Waals surface area contributed by atoms with Gasteiger partial charge in [0.15, 0.2) is 0 Å². The summed E-state index contributed by atoms with van der Waals surface area (Å²) in [5.74, 6) is 0. The van der Waals surface area contributed by atoms with E-state index < -0.39 is 0 Å². The molecule has 0 spiro atoms. The Kier molecular flexibility index (Phi) is 2.24. The first-order chi connectivity index (χ1) is 6.92. The van der Waals surface area contributed by atoms with E-state index in [1.807, 2.05) is 30.3 Å². The number of rotatable bonds is 1. The van der Waals surface area contributed by atoms with Crippen LogP contribution >= 0.6 is 0 Å². The van der Waals surface area contributed by atoms with E-state index in [1.165, 1.54) is 0 Å². The number of hydrogen-bond acceptors (Lipinski definition) is 2. The van der Waals surface area contributed by atoms with E-state index in [0.29, 0.717) is 5.56 Å². The van der Waals surface area contributed by atoms with E-state index in [9.17, 15) is 0 Å². The van der Waals surface area contributed by atoms with E-state index in [1.54, 1.807) is 12.1 Å². The first-order valence-corrected chi connectivity index (χ1v) is 4.24. The number of benzene rings is 1. The Bertz CT molecular complexity index is 469. The van der Waals surface area contributed by atoms with Gasteiger partial charge in [-0.25, -0.2) is 4.98 Å². The summed E-state index contributed by atoms with van der Waals surface area (Å²) in [5.41, 5.74) is 2.27. The van der Waals surface area contributed by atoms with Gasteiger partial charge in [0, 0.05) is 5.56 Å². The molecule has 0 atom stereocenters. The number of hydrogen-bond donors (Lipinski definition) is 0. The maximum Gasteiger partial charge on any atom is 0.0998 e. The van der Waals surface area contributed by atoms with Gasteiger partial charge in [0.2, 0.25) is 0 Å². The second-order valence-corrected chi connectivity index (χ2v) is 2.81. The van der Waals surface area contributed by atoms with Crippen molar-refractivity contribution in [3.8, 4) is 17.3 Å². The molecule has 0 aliphatic heterocycles. The predicted octanol–water partition coefficient (Wildman–Crippen LogP) is 2.42. The second-order valence-electron chi connectivity index (χ2n) is 2.81. The first kappa shape index (κ1) is 8.46. The molecule has 14 heavy (non-hydrogen) atoms. The minimum absolute atomic E-state index is 0.639. The van der Waals surface area contributed by atoms with Crippen LogP contribution in [0.3, 0.4) is 0 Å². The normalized spacial score (nSPS) is 9.36. The van der Waals surface area contributed by atoms with Gasteiger partial charge in [-0.1, -0.05) is 24.3 Å². The Labute approximate surface area is 82.5 Å². The van der Waals surface area contributed by atoms with Gasteiger partial charge in [-0.05, 0) is 18.2 Å². The lowest BCUT2D eigenvalue weighted by molar-refractivity contribution is 1.30. The maximum atomic E-state index is 8.89. The third-order valence-corrected chi connectivity index (χ3v) is 1.93. The molecule has 1 aromatic heterocycles. The predicted molar refractivity (Wildman–Crippen MR) is 53.2 cm³/mol. The Hall–Kier alpha value is -2.14. The molecule has 2 aromatic rings. The molecule has 0 aliphatic rings. The molecule has 0 unspecified atom stereocenters. The highest BCUT2D eigenvalue weighted by molar-refractivity contribution is 5.66. The zero-order valence-electron chi connectivity index (χ0n) is 7.44. The van der Waals surface area contributed by atoms with Gasteiger partial charge in [-0.15, -0.1) is 0 Å². The number of nitrogens with zero attached hydrogens (tertiary/aromatic N) is 2. The highest BCUT2D eigenvalue weighted by atomic mass is 14.7. The summed E-state index contributed by atoms with van der Waals surface area (Å²) < 4.78 is 0. The van der Waals surface area contributed by atoms with Gasteiger partial charge in [0.1, 0.15) is 0 Å². The number of pyridine rings is 1. The van der Waals surface area contributed by atoms with Crippen molar-refractivity contribution in [2.45, 2.75) is 0 Å². The molecule has 2 nitrogen and oxygen atoms in total. The maximum absolute atomic E-state index is 8.89. The lowest BCUT2D eigenvalue weighted by Crippen LogP contribution is -1.86. The van der Waals surface area contributed by atoms with Gasteiger partial charge in [-0.3, -0.25) is 0 Å². The van der Waals surface area contributed by atoms with Gasteiger partial charge >= 0.3 is 0 Å². The van der Waals surface area contributed by atoms with E-state index in [-0.39, 0.29) is 0 Å². The number of aromatic nitrogens is 1. The molecule has 0 saturated heterocycles. The zero-order valence-corrected chi connectivity index (χ0v) is 7.44. The third-order valence-electron chi connectivity index (χ3n) is 1.93. The highest BCUT2D eigenvalue weighted by Crippen LogP contribution is 2.19. The van der Waals surface area contributed by atoms with Gasteiger partial charge in [0.25, 0.3) is 0 Å². The monoisotopic (exact) mass is 179 g/mol. The highest BCUT2D eigenvalue weighted by Gasteiger charge is 2.03. The van der Waals surface area contributed by atoms with Crippen molar-refractivity contribution < 1.29 is 0 Å². The molecule has 2 heteroatoms. The van der Waals surface area contributed by atoms with Crippen LogP contribution in [0.2, 0.25) is 0 Å². The Morgan fingerprint density at radius 2 is 2.00 bits per heavy atom. The summed E-state index contributed by atoms with van der Waals surface area (Å²) in [4.78, 5) is 4.08. The minimum Gasteiger partial charge on any atom is -0.246 e. The molecule has 0 saturated carbocycles. The van der Waals surface area contributed by atoms with Crippen molar-refractivity contribution in [3.05, 3.63) is 54.2 Å². The van der Waals surface area contributed by atoms with Crippen molar-refractivity contribution in [2.24, 2.45) is 0 Å². The second kappa shape index (κ2) is 3.71. The molecule has 0 N–H and O–H groups in total. The van der Waals surface area contributed by atoms with Crippen molar-refractivity contribution >= 4 is 0 Å². The smallest absolute Gasteiger partial charge is 0.0998 e. The van der Waals surface area contributed by atoms with E-state index in [0.717, 1.165) is 11.3 Å². The van der Waals surface area contributed by atoms with Crippen LogP contribution in [0, 0.1) is 17.5 Å². The summed E-state index contributed by atoms with van der Waals surface area (Å²) in [6.07, 6.45) is 2.75. The van der Waals surface area contributed by atoms with E-state index >= 15 is 0 Å². The van der Waals surface area contributed by atoms with Crippen molar-refractivity contribution in [1.82, 2.24) is 4.98 Å². The first-order valence-electron chi connectivity index (χ1n) is 4.24. The van der Waals surface area contributed by atoms with Crippen LogP contribution in [0.15, 0.2) is 42.5 Å². The van der Waals surface area contributed by atoms with Crippen molar-refractivity contribution in [1.29, 1.82) is 5.26 Å². The summed E-state index contributed by atoms with van der Waals surface area (Å²) in [6, 6.07) is 15.0. The summed E-state index contributed by atoms with van der Waals surface area (Å²) >= 11 is 0. The average Bonchev–Trinajstić information content (AvgIpc) is 2.30. The van der Waals surface area contributed by atoms with Gasteiger partial charge in [-0.2, -0.15) is 5.26 Å². The van der Waals surface area contributed by atoms with Crippen LogP contribution < -0.4 is 0 Å². The van der Waals surface area contributed by atoms with Crippen LogP contribution in [0.5, 0.6) is 0 Å². The fourth-order valence-electron chi connectivity index (χ4n) is 1.28. The van der Waals surface area contributed by atoms with Crippen LogP contribution in [-0.2, 0) is 0 Å². The fourth-order valence-corrected chi connectivity index (χ4v) is 1.28. The van der Waals surface area contributed by atoms with Crippen LogP contribution in [0.25, 0.3) is 11.3 Å². The molecule has 2 rings (SSSR count). The Balaban J connectivity index is 2.58. The van der Waals surface area contributed by atoms with E-state index in [4.69, 9.17) is 5.26 Å². The minimum atomic E-state index is 0.639. The van der Waals surface area contributed by atoms with Crippen molar-refractivity contribution in [3.63, 3.8) is 0 Å². The molecule has 1 aromatic carbocycles. The van der Waals surface area contributed by atoms with Crippen LogP contribution in [0.4, 0.5) is 0 Å². The third kappa shape index (κ3) is 1.48. The molecule has 0 aliphatic carbocycles. The largest absolute Gasteiger partial charge is 0.246 e. The standard InChI is InChI=1S/C12H7N2/c13-9-10-5-1-2-6-11(10)12-7-3-4-8-14-12/h1-7H. The summed E-state index contributed by atoms with van der Waals surface area (Å²) in [7, 11) is 0. The zero-order chi connectivity index (χ0) is 9.80. The van der Waals surface area contributed by atoms with Crippen molar-refractivity contribution in [2.75, 3.05) is 0 Å². The molecule has 65 valence electrons. The van der Waals surface area contributed by atoms with Gasteiger partial charge in [0.05, 0.1) is 23.5 Å². The van der Waals surface area contributed by atoms with Gasteiger partial charge < -0.3 is 0 Å². The molecular weight excluding hydrogens is 172 g/mol. The molecule has 0 fully saturated rings. The summed E-state index contributed by atoms with van der Waals surface area (Å²) in [6.45, 7) is 0. The molecule has 1 radical (unpaired) electrons. The molecular formula is C12H7N2. The Morgan fingerprint density at radius 1 is 1.14 bits per heavy atom. The molecule has 1 heterocycles. The quantitative estimate of drug-likeness (QED) is 0.674.